The molecule has 0 aliphatic carbocycles. The van der Waals surface area contributed by atoms with Gasteiger partial charge in [-0.15, -0.1) is 0 Å². The zero-order chi connectivity index (χ0) is 8.91. The van der Waals surface area contributed by atoms with E-state index in [0.29, 0.717) is 11.3 Å². The third kappa shape index (κ3) is 5.25. The fourth-order valence-corrected chi connectivity index (χ4v) is 0.932. The lowest BCUT2D eigenvalue weighted by Crippen LogP contribution is -2.15. The van der Waals surface area contributed by atoms with Crippen LogP contribution in [0.15, 0.2) is 0 Å². The van der Waals surface area contributed by atoms with Crippen molar-refractivity contribution in [2.75, 3.05) is 6.54 Å². The standard InChI is InChI=1S/C10H23N/c1-5-10(3,4)7-6-9(2)8-11/h9H,5-8,11H2,1-4H3. The molecule has 0 rings (SSSR count). The topological polar surface area (TPSA) is 26.0 Å². The van der Waals surface area contributed by atoms with Gasteiger partial charge in [-0.3, -0.25) is 0 Å². The monoisotopic (exact) mass is 157 g/mol. The molecule has 0 spiro atoms. The lowest BCUT2D eigenvalue weighted by Gasteiger charge is -2.23. The second kappa shape index (κ2) is 4.76. The first-order chi connectivity index (χ1) is 5.02. The minimum Gasteiger partial charge on any atom is -0.330 e. The Hall–Kier alpha value is -0.0400. The van der Waals surface area contributed by atoms with Gasteiger partial charge >= 0.3 is 0 Å². The zero-order valence-electron chi connectivity index (χ0n) is 8.48. The van der Waals surface area contributed by atoms with E-state index < -0.39 is 0 Å². The molecule has 0 fully saturated rings. The molecular formula is C10H23N. The first-order valence-electron chi connectivity index (χ1n) is 4.72. The van der Waals surface area contributed by atoms with Crippen molar-refractivity contribution in [3.8, 4) is 0 Å². The number of hydrogen-bond acceptors (Lipinski definition) is 1. The van der Waals surface area contributed by atoms with Crippen LogP contribution in [0, 0.1) is 11.3 Å². The largest absolute Gasteiger partial charge is 0.330 e. The summed E-state index contributed by atoms with van der Waals surface area (Å²) in [5.74, 6) is 0.695. The molecule has 0 bridgehead atoms. The van der Waals surface area contributed by atoms with Crippen LogP contribution in [0.4, 0.5) is 0 Å². The molecule has 0 heterocycles. The van der Waals surface area contributed by atoms with Crippen molar-refractivity contribution in [2.45, 2.75) is 47.0 Å². The Balaban J connectivity index is 3.52. The lowest BCUT2D eigenvalue weighted by atomic mass is 9.83. The molecule has 2 N–H and O–H groups in total. The van der Waals surface area contributed by atoms with Crippen LogP contribution < -0.4 is 5.73 Å². The van der Waals surface area contributed by atoms with E-state index in [1.54, 1.807) is 0 Å². The van der Waals surface area contributed by atoms with Crippen LogP contribution in [0.5, 0.6) is 0 Å². The van der Waals surface area contributed by atoms with Gasteiger partial charge in [0, 0.05) is 0 Å². The Morgan fingerprint density at radius 3 is 2.27 bits per heavy atom. The van der Waals surface area contributed by atoms with Crippen molar-refractivity contribution < 1.29 is 0 Å². The molecule has 0 aromatic heterocycles. The highest BCUT2D eigenvalue weighted by molar-refractivity contribution is 4.68. The van der Waals surface area contributed by atoms with Crippen LogP contribution in [-0.4, -0.2) is 6.54 Å². The molecule has 1 unspecified atom stereocenters. The Morgan fingerprint density at radius 1 is 1.36 bits per heavy atom. The van der Waals surface area contributed by atoms with Gasteiger partial charge in [0.2, 0.25) is 0 Å². The highest BCUT2D eigenvalue weighted by atomic mass is 14.5. The van der Waals surface area contributed by atoms with E-state index in [1.807, 2.05) is 0 Å². The fraction of sp³-hybridized carbons (Fsp3) is 1.00. The Labute approximate surface area is 71.4 Å². The molecule has 68 valence electrons. The van der Waals surface area contributed by atoms with Crippen molar-refractivity contribution >= 4 is 0 Å². The average molecular weight is 157 g/mol. The van der Waals surface area contributed by atoms with Crippen molar-refractivity contribution in [3.05, 3.63) is 0 Å². The van der Waals surface area contributed by atoms with Crippen LogP contribution in [0.3, 0.4) is 0 Å². The third-order valence-electron chi connectivity index (χ3n) is 2.67. The molecule has 0 saturated heterocycles. The third-order valence-corrected chi connectivity index (χ3v) is 2.67. The van der Waals surface area contributed by atoms with Crippen LogP contribution >= 0.6 is 0 Å². The highest BCUT2D eigenvalue weighted by Crippen LogP contribution is 2.27. The number of nitrogens with two attached hydrogens (primary N) is 1. The van der Waals surface area contributed by atoms with Crippen LogP contribution in [0.1, 0.15) is 47.0 Å². The minimum atomic E-state index is 0.517. The summed E-state index contributed by atoms with van der Waals surface area (Å²) in [5, 5.41) is 0. The summed E-state index contributed by atoms with van der Waals surface area (Å²) in [7, 11) is 0. The summed E-state index contributed by atoms with van der Waals surface area (Å²) in [6.45, 7) is 9.98. The summed E-state index contributed by atoms with van der Waals surface area (Å²) >= 11 is 0. The highest BCUT2D eigenvalue weighted by Gasteiger charge is 2.15. The molecule has 0 radical (unpaired) electrons. The second-order valence-corrected chi connectivity index (χ2v) is 4.40. The molecule has 0 aliphatic heterocycles. The van der Waals surface area contributed by atoms with Crippen molar-refractivity contribution in [3.63, 3.8) is 0 Å². The summed E-state index contributed by atoms with van der Waals surface area (Å²) in [6.07, 6.45) is 3.85. The fourth-order valence-electron chi connectivity index (χ4n) is 0.932. The van der Waals surface area contributed by atoms with Gasteiger partial charge in [-0.05, 0) is 30.7 Å². The van der Waals surface area contributed by atoms with Gasteiger partial charge < -0.3 is 5.73 Å². The van der Waals surface area contributed by atoms with E-state index in [-0.39, 0.29) is 0 Å². The van der Waals surface area contributed by atoms with E-state index >= 15 is 0 Å². The number of hydrogen-bond donors (Lipinski definition) is 1. The Bertz CT molecular complexity index is 97.0. The summed E-state index contributed by atoms with van der Waals surface area (Å²) in [6, 6.07) is 0. The normalized spacial score (nSPS) is 15.0. The van der Waals surface area contributed by atoms with E-state index in [0.717, 1.165) is 6.54 Å². The summed E-state index contributed by atoms with van der Waals surface area (Å²) in [5.41, 5.74) is 6.06. The van der Waals surface area contributed by atoms with Crippen molar-refractivity contribution in [2.24, 2.45) is 17.1 Å². The van der Waals surface area contributed by atoms with Gasteiger partial charge in [-0.25, -0.2) is 0 Å². The summed E-state index contributed by atoms with van der Waals surface area (Å²) in [4.78, 5) is 0. The second-order valence-electron chi connectivity index (χ2n) is 4.40. The first-order valence-corrected chi connectivity index (χ1v) is 4.72. The Kier molecular flexibility index (Phi) is 4.74. The minimum absolute atomic E-state index is 0.517. The van der Waals surface area contributed by atoms with E-state index in [2.05, 4.69) is 27.7 Å². The summed E-state index contributed by atoms with van der Waals surface area (Å²) < 4.78 is 0. The maximum atomic E-state index is 5.54. The zero-order valence-corrected chi connectivity index (χ0v) is 8.48. The molecular weight excluding hydrogens is 134 g/mol. The van der Waals surface area contributed by atoms with Gasteiger partial charge in [0.05, 0.1) is 0 Å². The van der Waals surface area contributed by atoms with Crippen molar-refractivity contribution in [1.82, 2.24) is 0 Å². The van der Waals surface area contributed by atoms with Gasteiger partial charge in [-0.2, -0.15) is 0 Å². The molecule has 1 heteroatoms. The quantitative estimate of drug-likeness (QED) is 0.652. The molecule has 0 aromatic carbocycles. The maximum absolute atomic E-state index is 5.54. The Morgan fingerprint density at radius 2 is 1.91 bits per heavy atom. The van der Waals surface area contributed by atoms with Gasteiger partial charge in [-0.1, -0.05) is 34.1 Å². The van der Waals surface area contributed by atoms with Crippen molar-refractivity contribution in [1.29, 1.82) is 0 Å². The first kappa shape index (κ1) is 11.0. The maximum Gasteiger partial charge on any atom is -0.00515 e. The lowest BCUT2D eigenvalue weighted by molar-refractivity contribution is 0.290. The average Bonchev–Trinajstić information content (AvgIpc) is 2.00. The molecule has 11 heavy (non-hydrogen) atoms. The van der Waals surface area contributed by atoms with Gasteiger partial charge in [0.1, 0.15) is 0 Å². The molecule has 1 atom stereocenters. The van der Waals surface area contributed by atoms with Crippen LogP contribution in [0.25, 0.3) is 0 Å². The predicted octanol–water partition coefficient (Wildman–Crippen LogP) is 2.80. The van der Waals surface area contributed by atoms with Crippen LogP contribution in [0.2, 0.25) is 0 Å². The molecule has 0 saturated carbocycles. The van der Waals surface area contributed by atoms with E-state index in [4.69, 9.17) is 5.73 Å². The van der Waals surface area contributed by atoms with E-state index in [1.165, 1.54) is 19.3 Å². The molecule has 1 nitrogen and oxygen atoms in total. The molecule has 0 aromatic rings. The van der Waals surface area contributed by atoms with Gasteiger partial charge in [0.25, 0.3) is 0 Å². The predicted molar refractivity (Wildman–Crippen MR) is 51.5 cm³/mol. The SMILES string of the molecule is CCC(C)(C)CCC(C)CN. The smallest absolute Gasteiger partial charge is 0.00515 e. The molecule has 0 aliphatic rings. The molecule has 0 amide bonds. The number of rotatable bonds is 5. The van der Waals surface area contributed by atoms with E-state index in [9.17, 15) is 0 Å². The van der Waals surface area contributed by atoms with Gasteiger partial charge in [0.15, 0.2) is 0 Å². The van der Waals surface area contributed by atoms with Crippen LogP contribution in [-0.2, 0) is 0 Å².